The Morgan fingerprint density at radius 1 is 0.942 bits per heavy atom. The maximum absolute atomic E-state index is 14.9. The third kappa shape index (κ3) is 7.31. The Morgan fingerprint density at radius 3 is 2.19 bits per heavy atom. The summed E-state index contributed by atoms with van der Waals surface area (Å²) in [5.41, 5.74) is 0.316. The molecule has 52 heavy (non-hydrogen) atoms. The number of rotatable bonds is 13. The molecule has 3 amide bonds. The normalized spacial score (nSPS) is 24.8. The molecular formula is C40H48N4O7S. The van der Waals surface area contributed by atoms with Crippen molar-refractivity contribution in [2.45, 2.75) is 74.9 Å². The predicted molar refractivity (Wildman–Crippen MR) is 200 cm³/mol. The average Bonchev–Trinajstić information content (AvgIpc) is 4.07. The number of hydrogen-bond acceptors (Lipinski definition) is 8. The van der Waals surface area contributed by atoms with Crippen LogP contribution in [0.1, 0.15) is 52.0 Å². The minimum Gasteiger partial charge on any atom is -0.497 e. The highest BCUT2D eigenvalue weighted by Crippen LogP contribution is 2.47. The van der Waals surface area contributed by atoms with E-state index in [0.29, 0.717) is 24.3 Å². The van der Waals surface area contributed by atoms with Crippen molar-refractivity contribution in [3.8, 4) is 16.9 Å². The van der Waals surface area contributed by atoms with Crippen LogP contribution >= 0.6 is 0 Å². The van der Waals surface area contributed by atoms with E-state index in [1.807, 2.05) is 93.6 Å². The lowest BCUT2D eigenvalue weighted by atomic mass is 9.85. The van der Waals surface area contributed by atoms with Crippen molar-refractivity contribution < 1.29 is 32.3 Å². The number of carbonyl (C=O) groups excluding carboxylic acids is 3. The summed E-state index contributed by atoms with van der Waals surface area (Å²) in [4.78, 5) is 44.5. The van der Waals surface area contributed by atoms with Gasteiger partial charge < -0.3 is 25.0 Å². The lowest BCUT2D eigenvalue weighted by molar-refractivity contribution is -0.142. The smallest absolute Gasteiger partial charge is 0.259 e. The minimum absolute atomic E-state index is 0.0532. The maximum atomic E-state index is 14.9. The first kappa shape index (κ1) is 37.1. The average molecular weight is 729 g/mol. The van der Waals surface area contributed by atoms with Crippen molar-refractivity contribution in [3.63, 3.8) is 0 Å². The van der Waals surface area contributed by atoms with Crippen molar-refractivity contribution in [1.29, 1.82) is 0 Å². The van der Waals surface area contributed by atoms with Crippen LogP contribution < -0.4 is 20.1 Å². The number of nitrogens with one attached hydrogen (secondary N) is 3. The van der Waals surface area contributed by atoms with Crippen LogP contribution in [0, 0.1) is 11.3 Å². The van der Waals surface area contributed by atoms with Gasteiger partial charge in [0.2, 0.25) is 21.8 Å². The van der Waals surface area contributed by atoms with E-state index in [1.165, 1.54) is 4.90 Å². The summed E-state index contributed by atoms with van der Waals surface area (Å²) >= 11 is 0. The highest BCUT2D eigenvalue weighted by molar-refractivity contribution is 7.91. The quantitative estimate of drug-likeness (QED) is 0.209. The topological polar surface area (TPSA) is 143 Å². The second kappa shape index (κ2) is 14.0. The lowest BCUT2D eigenvalue weighted by Gasteiger charge is -2.36. The van der Waals surface area contributed by atoms with Crippen LogP contribution in [0.5, 0.6) is 5.75 Å². The molecule has 0 spiro atoms. The Morgan fingerprint density at radius 2 is 1.62 bits per heavy atom. The molecule has 1 heterocycles. The van der Waals surface area contributed by atoms with Crippen LogP contribution in [-0.2, 0) is 34.7 Å². The van der Waals surface area contributed by atoms with E-state index in [0.717, 1.165) is 16.7 Å². The van der Waals surface area contributed by atoms with Gasteiger partial charge in [-0.1, -0.05) is 87.5 Å². The van der Waals surface area contributed by atoms with Crippen LogP contribution in [0.2, 0.25) is 0 Å². The number of nitrogens with zero attached hydrogens (tertiary/aromatic N) is 1. The first-order chi connectivity index (χ1) is 24.7. The van der Waals surface area contributed by atoms with Gasteiger partial charge in [-0.05, 0) is 53.5 Å². The number of amides is 3. The van der Waals surface area contributed by atoms with Crippen molar-refractivity contribution in [2.75, 3.05) is 26.1 Å². The molecule has 3 aromatic rings. The molecule has 3 N–H and O–H groups in total. The highest BCUT2D eigenvalue weighted by atomic mass is 32.2. The summed E-state index contributed by atoms with van der Waals surface area (Å²) in [6, 6.07) is 23.3. The van der Waals surface area contributed by atoms with Gasteiger partial charge in [0, 0.05) is 31.2 Å². The molecule has 276 valence electrons. The van der Waals surface area contributed by atoms with Gasteiger partial charge >= 0.3 is 0 Å². The summed E-state index contributed by atoms with van der Waals surface area (Å²) in [6.07, 6.45) is 2.79. The largest absolute Gasteiger partial charge is 0.497 e. The molecule has 3 aliphatic rings. The zero-order valence-electron chi connectivity index (χ0n) is 30.3. The fraction of sp³-hybridized carbons (Fsp3) is 0.425. The Labute approximate surface area is 306 Å². The number of sulfonamides is 1. The molecule has 11 nitrogen and oxygen atoms in total. The SMILES string of the molecule is C=C[C@@H]1C[C@]1(NC(=O)[C@@H]1C[C@@](OC)(c2ccc(-c3ccccc3)cc2)CN1C(=O)[C@@H](Nc1cccc(OC)c1)C(C)(C)C)C(=O)NS(=O)(=O)C1CC1. The number of ether oxygens (including phenoxy) is 2. The monoisotopic (exact) mass is 728 g/mol. The Bertz CT molecular complexity index is 1940. The molecule has 0 aromatic heterocycles. The van der Waals surface area contributed by atoms with Crippen LogP contribution in [0.15, 0.2) is 91.5 Å². The fourth-order valence-corrected chi connectivity index (χ4v) is 8.49. The van der Waals surface area contributed by atoms with Crippen LogP contribution in [-0.4, -0.2) is 74.7 Å². The number of methoxy groups -OCH3 is 2. The van der Waals surface area contributed by atoms with Gasteiger partial charge in [-0.3, -0.25) is 19.1 Å². The molecule has 3 fully saturated rings. The van der Waals surface area contributed by atoms with Gasteiger partial charge in [0.05, 0.1) is 18.9 Å². The Balaban J connectivity index is 1.35. The molecule has 5 atom stereocenters. The van der Waals surface area contributed by atoms with Crippen molar-refractivity contribution in [1.82, 2.24) is 14.9 Å². The second-order valence-corrected chi connectivity index (χ2v) is 17.1. The Kier molecular flexibility index (Phi) is 10.0. The molecule has 2 aliphatic carbocycles. The molecule has 6 rings (SSSR count). The summed E-state index contributed by atoms with van der Waals surface area (Å²) in [5.74, 6) is -1.57. The number of carbonyl (C=O) groups is 3. The summed E-state index contributed by atoms with van der Waals surface area (Å²) in [5, 5.41) is 5.66. The first-order valence-corrected chi connectivity index (χ1v) is 19.1. The van der Waals surface area contributed by atoms with E-state index in [9.17, 15) is 22.8 Å². The van der Waals surface area contributed by atoms with E-state index in [2.05, 4.69) is 21.9 Å². The van der Waals surface area contributed by atoms with Gasteiger partial charge in [-0.25, -0.2) is 8.42 Å². The van der Waals surface area contributed by atoms with Crippen LogP contribution in [0.25, 0.3) is 11.1 Å². The Hall–Kier alpha value is -4.68. The second-order valence-electron chi connectivity index (χ2n) is 15.2. The summed E-state index contributed by atoms with van der Waals surface area (Å²) in [7, 11) is -0.736. The third-order valence-corrected chi connectivity index (χ3v) is 12.4. The minimum atomic E-state index is -3.87. The van der Waals surface area contributed by atoms with E-state index in [4.69, 9.17) is 9.47 Å². The maximum Gasteiger partial charge on any atom is 0.259 e. The summed E-state index contributed by atoms with van der Waals surface area (Å²) < 4.78 is 39.4. The molecule has 0 radical (unpaired) electrons. The van der Waals surface area contributed by atoms with Crippen molar-refractivity contribution >= 4 is 33.4 Å². The predicted octanol–water partition coefficient (Wildman–Crippen LogP) is 5.00. The van der Waals surface area contributed by atoms with Gasteiger partial charge in [0.25, 0.3) is 5.91 Å². The molecule has 12 heteroatoms. The lowest BCUT2D eigenvalue weighted by Crippen LogP contribution is -2.58. The van der Waals surface area contributed by atoms with E-state index in [1.54, 1.807) is 26.4 Å². The van der Waals surface area contributed by atoms with Gasteiger partial charge in [0.1, 0.15) is 29.0 Å². The van der Waals surface area contributed by atoms with E-state index < -0.39 is 61.6 Å². The number of benzene rings is 3. The highest BCUT2D eigenvalue weighted by Gasteiger charge is 2.62. The molecule has 2 saturated carbocycles. The van der Waals surface area contributed by atoms with Gasteiger partial charge in [-0.2, -0.15) is 0 Å². The first-order valence-electron chi connectivity index (χ1n) is 17.6. The van der Waals surface area contributed by atoms with Gasteiger partial charge in [0.15, 0.2) is 0 Å². The third-order valence-electron chi connectivity index (χ3n) is 10.6. The molecule has 0 bridgehead atoms. The molecule has 3 aromatic carbocycles. The zero-order valence-corrected chi connectivity index (χ0v) is 31.2. The number of hydrogen-bond donors (Lipinski definition) is 3. The molecular weight excluding hydrogens is 681 g/mol. The van der Waals surface area contributed by atoms with Crippen LogP contribution in [0.3, 0.4) is 0 Å². The number of likely N-dealkylation sites (tertiary alicyclic amines) is 1. The van der Waals surface area contributed by atoms with E-state index >= 15 is 0 Å². The standard InChI is InChI=1S/C40H48N4O7S/c1-7-28-23-40(28,37(47)43-52(48,49)32-20-21-32)42-35(45)33-24-39(51-6,29-18-16-27(17-19-29)26-12-9-8-10-13-26)25-44(33)36(46)34(38(2,3)4)41-30-14-11-15-31(22-30)50-5/h7-19,22,28,32-34,41H,1,20-21,23-25H2,2-6H3,(H,42,45)(H,43,47)/t28-,33+,34-,39+,40-/m1/s1. The van der Waals surface area contributed by atoms with E-state index in [-0.39, 0.29) is 25.3 Å². The van der Waals surface area contributed by atoms with Crippen LogP contribution in [0.4, 0.5) is 5.69 Å². The molecule has 1 saturated heterocycles. The van der Waals surface area contributed by atoms with Gasteiger partial charge in [-0.15, -0.1) is 6.58 Å². The molecule has 1 aliphatic heterocycles. The van der Waals surface area contributed by atoms with Crippen molar-refractivity contribution in [2.24, 2.45) is 11.3 Å². The van der Waals surface area contributed by atoms with Crippen molar-refractivity contribution in [3.05, 3.63) is 97.1 Å². The molecule has 0 unspecified atom stereocenters. The zero-order chi connectivity index (χ0) is 37.5. The summed E-state index contributed by atoms with van der Waals surface area (Å²) in [6.45, 7) is 9.70. The number of anilines is 1. The fourth-order valence-electron chi connectivity index (χ4n) is 7.12.